The third-order valence-electron chi connectivity index (χ3n) is 7.12. The van der Waals surface area contributed by atoms with Gasteiger partial charge in [-0.3, -0.25) is 14.7 Å². The average molecular weight is 473 g/mol. The fourth-order valence-electron chi connectivity index (χ4n) is 5.24. The number of aryl methyl sites for hydroxylation is 1. The molecule has 1 aliphatic heterocycles. The van der Waals surface area contributed by atoms with Gasteiger partial charge in [0.15, 0.2) is 5.56 Å². The third-order valence-corrected chi connectivity index (χ3v) is 7.12. The lowest BCUT2D eigenvalue weighted by molar-refractivity contribution is 0.0691. The van der Waals surface area contributed by atoms with Crippen LogP contribution in [0.25, 0.3) is 22.2 Å². The Labute approximate surface area is 202 Å². The fourth-order valence-corrected chi connectivity index (χ4v) is 5.24. The summed E-state index contributed by atoms with van der Waals surface area (Å²) in [7, 11) is 2.06. The van der Waals surface area contributed by atoms with Crippen molar-refractivity contribution < 1.29 is 15.0 Å². The largest absolute Gasteiger partial charge is 0.506 e. The Morgan fingerprint density at radius 2 is 1.97 bits per heavy atom. The molecule has 1 atom stereocenters. The summed E-state index contributed by atoms with van der Waals surface area (Å²) in [4.78, 5) is 33.1. The maximum Gasteiger partial charge on any atom is 0.345 e. The van der Waals surface area contributed by atoms with Crippen LogP contribution in [0.3, 0.4) is 0 Å². The second-order valence-corrected chi connectivity index (χ2v) is 9.16. The van der Waals surface area contributed by atoms with Crippen molar-refractivity contribution in [3.63, 3.8) is 0 Å². The number of aromatic carboxylic acids is 1. The van der Waals surface area contributed by atoms with Crippen molar-refractivity contribution >= 4 is 16.9 Å². The standard InChI is InChI=1S/C27H28N4O4/c1-3-21-24(29-26(33)23(25(21)32)27(34)35)17-4-5-22-19(12-17)13-20(30(22)2)15-31-11-8-18(14-31)16-6-9-28-10-7-16/h4-7,9-10,12-13,18H,3,8,11,14-15H2,1-2H3,(H,34,35)(H2,29,32,33). The van der Waals surface area contributed by atoms with Crippen molar-refractivity contribution in [3.05, 3.63) is 81.5 Å². The van der Waals surface area contributed by atoms with Crippen LogP contribution in [0, 0.1) is 0 Å². The zero-order valence-corrected chi connectivity index (χ0v) is 19.8. The first-order valence-corrected chi connectivity index (χ1v) is 11.8. The van der Waals surface area contributed by atoms with Crippen LogP contribution in [-0.2, 0) is 20.0 Å². The smallest absolute Gasteiger partial charge is 0.345 e. The highest BCUT2D eigenvalue weighted by Crippen LogP contribution is 2.33. The van der Waals surface area contributed by atoms with E-state index in [4.69, 9.17) is 0 Å². The summed E-state index contributed by atoms with van der Waals surface area (Å²) in [6.45, 7) is 4.70. The summed E-state index contributed by atoms with van der Waals surface area (Å²) in [6, 6.07) is 12.2. The van der Waals surface area contributed by atoms with Crippen LogP contribution in [-0.4, -0.2) is 48.7 Å². The average Bonchev–Trinajstić information content (AvgIpc) is 3.43. The van der Waals surface area contributed by atoms with E-state index in [9.17, 15) is 19.8 Å². The Balaban J connectivity index is 1.45. The van der Waals surface area contributed by atoms with Crippen LogP contribution in [0.15, 0.2) is 53.6 Å². The Kier molecular flexibility index (Phi) is 5.90. The molecule has 1 saturated heterocycles. The molecule has 0 amide bonds. The predicted octanol–water partition coefficient (Wildman–Crippen LogP) is 3.88. The van der Waals surface area contributed by atoms with Gasteiger partial charge in [-0.1, -0.05) is 13.0 Å². The van der Waals surface area contributed by atoms with Gasteiger partial charge >= 0.3 is 5.97 Å². The van der Waals surface area contributed by atoms with Gasteiger partial charge in [0.1, 0.15) is 5.75 Å². The van der Waals surface area contributed by atoms with E-state index in [0.29, 0.717) is 23.6 Å². The molecule has 1 aromatic carbocycles. The van der Waals surface area contributed by atoms with E-state index in [1.54, 1.807) is 0 Å². The van der Waals surface area contributed by atoms with Gasteiger partial charge in [0.05, 0.1) is 5.69 Å². The van der Waals surface area contributed by atoms with Crippen molar-refractivity contribution in [2.24, 2.45) is 7.05 Å². The highest BCUT2D eigenvalue weighted by atomic mass is 16.4. The second-order valence-electron chi connectivity index (χ2n) is 9.16. The Morgan fingerprint density at radius 3 is 2.69 bits per heavy atom. The minimum Gasteiger partial charge on any atom is -0.506 e. The number of nitrogens with one attached hydrogen (secondary N) is 1. The number of carboxylic acid groups (broad SMARTS) is 1. The Bertz CT molecular complexity index is 1470. The predicted molar refractivity (Wildman–Crippen MR) is 134 cm³/mol. The molecule has 0 bridgehead atoms. The molecule has 1 unspecified atom stereocenters. The molecule has 180 valence electrons. The molecule has 0 aliphatic carbocycles. The molecule has 1 fully saturated rings. The number of carbonyl (C=O) groups is 1. The van der Waals surface area contributed by atoms with Gasteiger partial charge < -0.3 is 19.8 Å². The number of rotatable bonds is 6. The lowest BCUT2D eigenvalue weighted by Gasteiger charge is -2.17. The quantitative estimate of drug-likeness (QED) is 0.393. The van der Waals surface area contributed by atoms with E-state index in [1.165, 1.54) is 11.3 Å². The van der Waals surface area contributed by atoms with Crippen molar-refractivity contribution in [3.8, 4) is 17.0 Å². The van der Waals surface area contributed by atoms with Gasteiger partial charge in [0.25, 0.3) is 5.56 Å². The van der Waals surface area contributed by atoms with Crippen LogP contribution in [0.4, 0.5) is 0 Å². The number of nitrogens with zero attached hydrogens (tertiary/aromatic N) is 3. The van der Waals surface area contributed by atoms with Gasteiger partial charge in [-0.05, 0) is 66.8 Å². The van der Waals surface area contributed by atoms with E-state index in [0.717, 1.165) is 42.5 Å². The Morgan fingerprint density at radius 1 is 1.20 bits per heavy atom. The normalized spacial score (nSPS) is 16.2. The molecule has 4 aromatic rings. The highest BCUT2D eigenvalue weighted by Gasteiger charge is 2.25. The van der Waals surface area contributed by atoms with Crippen molar-refractivity contribution in [1.82, 2.24) is 19.4 Å². The molecule has 4 heterocycles. The summed E-state index contributed by atoms with van der Waals surface area (Å²) in [5, 5.41) is 20.8. The first-order valence-electron chi connectivity index (χ1n) is 11.8. The number of aromatic hydroxyl groups is 1. The molecule has 8 nitrogen and oxygen atoms in total. The summed E-state index contributed by atoms with van der Waals surface area (Å²) < 4.78 is 2.19. The molecule has 3 N–H and O–H groups in total. The van der Waals surface area contributed by atoms with Gasteiger partial charge in [-0.2, -0.15) is 0 Å². The second kappa shape index (κ2) is 9.03. The maximum absolute atomic E-state index is 12.4. The monoisotopic (exact) mass is 472 g/mol. The zero-order valence-electron chi connectivity index (χ0n) is 19.8. The molecular formula is C27H28N4O4. The number of benzene rings is 1. The van der Waals surface area contributed by atoms with E-state index in [-0.39, 0.29) is 0 Å². The van der Waals surface area contributed by atoms with E-state index in [1.807, 2.05) is 37.5 Å². The number of pyridine rings is 2. The van der Waals surface area contributed by atoms with Crippen molar-refractivity contribution in [2.75, 3.05) is 13.1 Å². The molecular weight excluding hydrogens is 444 g/mol. The molecule has 0 radical (unpaired) electrons. The zero-order chi connectivity index (χ0) is 24.7. The lowest BCUT2D eigenvalue weighted by atomic mass is 9.99. The summed E-state index contributed by atoms with van der Waals surface area (Å²) in [6.07, 6.45) is 5.21. The van der Waals surface area contributed by atoms with Crippen LogP contribution >= 0.6 is 0 Å². The molecule has 1 aliphatic rings. The van der Waals surface area contributed by atoms with Gasteiger partial charge in [-0.15, -0.1) is 0 Å². The van der Waals surface area contributed by atoms with Crippen molar-refractivity contribution in [2.45, 2.75) is 32.2 Å². The lowest BCUT2D eigenvalue weighted by Crippen LogP contribution is -2.21. The van der Waals surface area contributed by atoms with E-state index >= 15 is 0 Å². The summed E-state index contributed by atoms with van der Waals surface area (Å²) in [5.74, 6) is -1.39. The first-order chi connectivity index (χ1) is 16.9. The number of hydrogen-bond acceptors (Lipinski definition) is 5. The third kappa shape index (κ3) is 4.10. The van der Waals surface area contributed by atoms with Crippen molar-refractivity contribution in [1.29, 1.82) is 0 Å². The summed E-state index contributed by atoms with van der Waals surface area (Å²) >= 11 is 0. The summed E-state index contributed by atoms with van der Waals surface area (Å²) in [5.41, 5.74) is 3.76. The minimum atomic E-state index is -1.44. The maximum atomic E-state index is 12.4. The Hall–Kier alpha value is -3.91. The number of aromatic nitrogens is 3. The number of H-pyrrole nitrogens is 1. The highest BCUT2D eigenvalue weighted by molar-refractivity contribution is 5.92. The molecule has 5 rings (SSSR count). The minimum absolute atomic E-state index is 0.379. The molecule has 3 aromatic heterocycles. The number of fused-ring (bicyclic) bond motifs is 1. The fraction of sp³-hybridized carbons (Fsp3) is 0.296. The number of aromatic amines is 1. The molecule has 0 saturated carbocycles. The van der Waals surface area contributed by atoms with Crippen LogP contribution in [0.2, 0.25) is 0 Å². The number of likely N-dealkylation sites (tertiary alicyclic amines) is 1. The van der Waals surface area contributed by atoms with E-state index < -0.39 is 22.8 Å². The molecule has 0 spiro atoms. The van der Waals surface area contributed by atoms with Crippen LogP contribution < -0.4 is 5.56 Å². The first kappa shape index (κ1) is 22.9. The van der Waals surface area contributed by atoms with Crippen LogP contribution in [0.1, 0.15) is 46.4 Å². The topological polar surface area (TPSA) is 111 Å². The number of carboxylic acids is 1. The molecule has 35 heavy (non-hydrogen) atoms. The van der Waals surface area contributed by atoms with Gasteiger partial charge in [0, 0.05) is 54.7 Å². The van der Waals surface area contributed by atoms with Gasteiger partial charge in [0.2, 0.25) is 0 Å². The number of hydrogen-bond donors (Lipinski definition) is 3. The molecule has 8 heteroatoms. The van der Waals surface area contributed by atoms with Gasteiger partial charge in [-0.25, -0.2) is 4.79 Å². The van der Waals surface area contributed by atoms with E-state index in [2.05, 4.69) is 44.7 Å². The van der Waals surface area contributed by atoms with Crippen LogP contribution in [0.5, 0.6) is 5.75 Å². The SMILES string of the molecule is CCc1c(-c2ccc3c(c2)cc(CN2CCC(c4ccncc4)C2)n3C)[nH]c(=O)c(C(=O)O)c1O.